The molecule has 2 rings (SSSR count). The van der Waals surface area contributed by atoms with Crippen LogP contribution in [0.1, 0.15) is 115 Å². The lowest BCUT2D eigenvalue weighted by molar-refractivity contribution is -0.0601. The fourth-order valence-corrected chi connectivity index (χ4v) is 6.55. The van der Waals surface area contributed by atoms with Crippen LogP contribution in [0.25, 0.3) is 0 Å². The number of unbranched alkanes of at least 4 members (excludes halogenated alkanes) is 11. The normalized spacial score (nSPS) is 16.7. The molecule has 0 amide bonds. The molecule has 0 spiro atoms. The van der Waals surface area contributed by atoms with Gasteiger partial charge >= 0.3 is 0 Å². The zero-order valence-corrected chi connectivity index (χ0v) is 25.8. The maximum Gasteiger partial charge on any atom is 0.188 e. The minimum Gasteiger partial charge on any atom is -0.475 e. The van der Waals surface area contributed by atoms with Gasteiger partial charge in [-0.05, 0) is 76.1 Å². The number of nitrogens with one attached hydrogen (secondary N) is 1. The smallest absolute Gasteiger partial charge is 0.188 e. The third kappa shape index (κ3) is 19.7. The van der Waals surface area contributed by atoms with Gasteiger partial charge in [-0.25, -0.2) is 0 Å². The average Bonchev–Trinajstić information content (AvgIpc) is 2.97. The fourth-order valence-electron chi connectivity index (χ4n) is 5.15. The molecule has 6 heteroatoms. The van der Waals surface area contributed by atoms with Gasteiger partial charge in [0, 0.05) is 8.15 Å². The molecular weight excluding hydrogens is 505 g/mol. The van der Waals surface area contributed by atoms with Gasteiger partial charge in [0.05, 0.1) is 25.1 Å². The maximum absolute atomic E-state index is 10.3. The van der Waals surface area contributed by atoms with Crippen molar-refractivity contribution in [3.8, 4) is 0 Å². The summed E-state index contributed by atoms with van der Waals surface area (Å²) in [5, 5.41) is 3.18. The molecule has 0 bridgehead atoms. The SMILES string of the molecule is CNCCCCP(O)CCCCCC(CCCCCCCCCCCC1C=COCO1)OCc1ccccc1. The van der Waals surface area contributed by atoms with E-state index in [0.717, 1.165) is 51.2 Å². The van der Waals surface area contributed by atoms with Gasteiger partial charge in [-0.15, -0.1) is 0 Å². The van der Waals surface area contributed by atoms with Gasteiger partial charge in [-0.1, -0.05) is 101 Å². The van der Waals surface area contributed by atoms with E-state index >= 15 is 0 Å². The first-order valence-corrected chi connectivity index (χ1v) is 17.6. The highest BCUT2D eigenvalue weighted by atomic mass is 31.1. The fraction of sp³-hybridized carbons (Fsp3) is 0.758. The lowest BCUT2D eigenvalue weighted by Gasteiger charge is -2.18. The van der Waals surface area contributed by atoms with E-state index in [0.29, 0.717) is 12.9 Å². The minimum atomic E-state index is -0.762. The molecule has 1 aromatic carbocycles. The van der Waals surface area contributed by atoms with E-state index in [2.05, 4.69) is 35.6 Å². The van der Waals surface area contributed by atoms with E-state index in [1.165, 1.54) is 89.0 Å². The van der Waals surface area contributed by atoms with Crippen LogP contribution in [0, 0.1) is 0 Å². The van der Waals surface area contributed by atoms with Crippen molar-refractivity contribution in [2.24, 2.45) is 0 Å². The predicted molar refractivity (Wildman–Crippen MR) is 166 cm³/mol. The molecule has 0 saturated carbocycles. The maximum atomic E-state index is 10.3. The van der Waals surface area contributed by atoms with Crippen molar-refractivity contribution < 1.29 is 19.1 Å². The van der Waals surface area contributed by atoms with Crippen molar-refractivity contribution >= 4 is 8.15 Å². The first-order chi connectivity index (χ1) is 19.3. The van der Waals surface area contributed by atoms with Crippen LogP contribution in [0.3, 0.4) is 0 Å². The summed E-state index contributed by atoms with van der Waals surface area (Å²) in [6.07, 6.45) is 27.7. The van der Waals surface area contributed by atoms with Gasteiger partial charge in [0.25, 0.3) is 0 Å². The predicted octanol–water partition coefficient (Wildman–Crippen LogP) is 8.70. The Labute approximate surface area is 241 Å². The van der Waals surface area contributed by atoms with Crippen LogP contribution in [0.15, 0.2) is 42.7 Å². The summed E-state index contributed by atoms with van der Waals surface area (Å²) >= 11 is 0. The summed E-state index contributed by atoms with van der Waals surface area (Å²) in [6.45, 7) is 2.18. The Morgan fingerprint density at radius 2 is 1.46 bits per heavy atom. The van der Waals surface area contributed by atoms with Gasteiger partial charge in [-0.3, -0.25) is 0 Å². The largest absolute Gasteiger partial charge is 0.475 e. The molecule has 3 unspecified atom stereocenters. The zero-order chi connectivity index (χ0) is 27.6. The van der Waals surface area contributed by atoms with Crippen molar-refractivity contribution in [3.05, 3.63) is 48.2 Å². The molecule has 0 radical (unpaired) electrons. The van der Waals surface area contributed by atoms with Gasteiger partial charge in [0.1, 0.15) is 0 Å². The summed E-state index contributed by atoms with van der Waals surface area (Å²) in [7, 11) is 1.23. The Hall–Kier alpha value is -0.970. The van der Waals surface area contributed by atoms with E-state index < -0.39 is 8.15 Å². The summed E-state index contributed by atoms with van der Waals surface area (Å²) in [5.41, 5.74) is 1.27. The number of benzene rings is 1. The molecule has 1 aromatic rings. The van der Waals surface area contributed by atoms with E-state index in [4.69, 9.17) is 14.2 Å². The summed E-state index contributed by atoms with van der Waals surface area (Å²) < 4.78 is 17.0. The minimum absolute atomic E-state index is 0.260. The van der Waals surface area contributed by atoms with Crippen LogP contribution >= 0.6 is 8.15 Å². The van der Waals surface area contributed by atoms with Crippen molar-refractivity contribution in [2.75, 3.05) is 32.7 Å². The van der Waals surface area contributed by atoms with E-state index in [1.807, 2.05) is 13.1 Å². The van der Waals surface area contributed by atoms with Gasteiger partial charge < -0.3 is 24.4 Å². The van der Waals surface area contributed by atoms with Crippen molar-refractivity contribution in [1.29, 1.82) is 0 Å². The molecule has 1 aliphatic heterocycles. The van der Waals surface area contributed by atoms with E-state index in [1.54, 1.807) is 6.26 Å². The van der Waals surface area contributed by atoms with Crippen LogP contribution in [0.2, 0.25) is 0 Å². The van der Waals surface area contributed by atoms with Gasteiger partial charge in [0.15, 0.2) is 6.79 Å². The molecule has 224 valence electrons. The summed E-state index contributed by atoms with van der Waals surface area (Å²) in [5.74, 6) is 0. The molecule has 0 aromatic heterocycles. The quantitative estimate of drug-likeness (QED) is 0.0872. The molecule has 0 fully saturated rings. The first-order valence-electron chi connectivity index (χ1n) is 15.9. The van der Waals surface area contributed by atoms with E-state index in [-0.39, 0.29) is 6.10 Å². The molecule has 2 N–H and O–H groups in total. The Kier molecular flexibility index (Phi) is 21.8. The Balaban J connectivity index is 1.49. The van der Waals surface area contributed by atoms with Crippen molar-refractivity contribution in [3.63, 3.8) is 0 Å². The molecule has 3 atom stereocenters. The van der Waals surface area contributed by atoms with Crippen molar-refractivity contribution in [2.45, 2.75) is 128 Å². The van der Waals surface area contributed by atoms with E-state index in [9.17, 15) is 4.89 Å². The third-order valence-electron chi connectivity index (χ3n) is 7.62. The van der Waals surface area contributed by atoms with Gasteiger partial charge in [-0.2, -0.15) is 0 Å². The van der Waals surface area contributed by atoms with Crippen LogP contribution < -0.4 is 5.32 Å². The average molecular weight is 564 g/mol. The lowest BCUT2D eigenvalue weighted by Crippen LogP contribution is -2.15. The van der Waals surface area contributed by atoms with Crippen LogP contribution in [-0.4, -0.2) is 49.8 Å². The third-order valence-corrected chi connectivity index (χ3v) is 9.28. The lowest BCUT2D eigenvalue weighted by atomic mass is 10.0. The monoisotopic (exact) mass is 563 g/mol. The Morgan fingerprint density at radius 3 is 2.10 bits per heavy atom. The molecule has 1 heterocycles. The van der Waals surface area contributed by atoms with Gasteiger partial charge in [0.2, 0.25) is 0 Å². The van der Waals surface area contributed by atoms with Crippen LogP contribution in [0.5, 0.6) is 0 Å². The Morgan fingerprint density at radius 1 is 0.846 bits per heavy atom. The standard InChI is InChI=1S/C33H58NO4P/c1-34-25-16-18-28-39(35)27-17-10-15-22-32(37-29-31-19-11-9-12-20-31)21-13-7-5-3-2-4-6-8-14-23-33-24-26-36-30-38-33/h9,11-12,19-20,24,26,32-35H,2-8,10,13-18,21-23,25,27-30H2,1H3. The topological polar surface area (TPSA) is 60.0 Å². The molecule has 1 aliphatic rings. The number of ether oxygens (including phenoxy) is 3. The second-order valence-corrected chi connectivity index (χ2v) is 13.0. The van der Waals surface area contributed by atoms with Crippen LogP contribution in [0.4, 0.5) is 0 Å². The first kappa shape index (κ1) is 34.2. The number of hydrogen-bond donors (Lipinski definition) is 2. The second kappa shape index (κ2) is 24.8. The highest BCUT2D eigenvalue weighted by Crippen LogP contribution is 2.32. The molecule has 5 nitrogen and oxygen atoms in total. The molecule has 39 heavy (non-hydrogen) atoms. The molecule has 0 saturated heterocycles. The number of rotatable bonds is 26. The Bertz CT molecular complexity index is 690. The van der Waals surface area contributed by atoms with Crippen LogP contribution in [-0.2, 0) is 20.8 Å². The highest BCUT2D eigenvalue weighted by molar-refractivity contribution is 7.51. The molecular formula is C33H58NO4P. The summed E-state index contributed by atoms with van der Waals surface area (Å²) in [6, 6.07) is 10.6. The summed E-state index contributed by atoms with van der Waals surface area (Å²) in [4.78, 5) is 10.3. The number of hydrogen-bond acceptors (Lipinski definition) is 5. The molecule has 0 aliphatic carbocycles. The van der Waals surface area contributed by atoms with Crippen molar-refractivity contribution in [1.82, 2.24) is 5.32 Å². The zero-order valence-electron chi connectivity index (χ0n) is 24.9. The highest BCUT2D eigenvalue weighted by Gasteiger charge is 2.11. The second-order valence-electron chi connectivity index (χ2n) is 11.1.